The smallest absolute Gasteiger partial charge is 0.410 e. The lowest BCUT2D eigenvalue weighted by molar-refractivity contribution is 0.0276. The van der Waals surface area contributed by atoms with Crippen LogP contribution in [0.3, 0.4) is 0 Å². The van der Waals surface area contributed by atoms with Crippen molar-refractivity contribution in [2.24, 2.45) is 0 Å². The van der Waals surface area contributed by atoms with Crippen molar-refractivity contribution in [2.45, 2.75) is 38.9 Å². The minimum atomic E-state index is -0.516. The Morgan fingerprint density at radius 2 is 2.14 bits per heavy atom. The standard InChI is InChI=1S/C15H21FN2O3/c1-15(2,3)21-14(19)18-7-6-11(9-18)20-13-5-4-10(16)8-12(13)17/h4-5,8,11H,6-7,9,17H2,1-3H3/t11-/m1/s1. The fraction of sp³-hybridized carbons (Fsp3) is 0.533. The molecule has 1 aliphatic heterocycles. The lowest BCUT2D eigenvalue weighted by Crippen LogP contribution is -2.36. The molecular weight excluding hydrogens is 275 g/mol. The van der Waals surface area contributed by atoms with E-state index in [2.05, 4.69) is 0 Å². The molecule has 1 atom stereocenters. The molecule has 0 bridgehead atoms. The zero-order valence-corrected chi connectivity index (χ0v) is 12.6. The Balaban J connectivity index is 1.92. The number of nitrogens with two attached hydrogens (primary N) is 1. The van der Waals surface area contributed by atoms with Gasteiger partial charge in [0.15, 0.2) is 0 Å². The van der Waals surface area contributed by atoms with Crippen LogP contribution in [0, 0.1) is 5.82 Å². The van der Waals surface area contributed by atoms with Crippen LogP contribution in [0.15, 0.2) is 18.2 Å². The third-order valence-electron chi connectivity index (χ3n) is 3.06. The molecule has 2 N–H and O–H groups in total. The second kappa shape index (κ2) is 5.79. The van der Waals surface area contributed by atoms with Crippen LogP contribution >= 0.6 is 0 Å². The summed E-state index contributed by atoms with van der Waals surface area (Å²) in [5.74, 6) is 0.0362. The maximum absolute atomic E-state index is 13.0. The Morgan fingerprint density at radius 3 is 2.76 bits per heavy atom. The number of ether oxygens (including phenoxy) is 2. The van der Waals surface area contributed by atoms with Crippen LogP contribution in [0.1, 0.15) is 27.2 Å². The minimum absolute atomic E-state index is 0.162. The lowest BCUT2D eigenvalue weighted by Gasteiger charge is -2.24. The first-order valence-electron chi connectivity index (χ1n) is 6.94. The third kappa shape index (κ3) is 4.24. The molecule has 1 aromatic rings. The number of anilines is 1. The Bertz CT molecular complexity index is 528. The van der Waals surface area contributed by atoms with Crippen LogP contribution in [-0.2, 0) is 4.74 Å². The molecule has 0 saturated carbocycles. The summed E-state index contributed by atoms with van der Waals surface area (Å²) >= 11 is 0. The minimum Gasteiger partial charge on any atom is -0.486 e. The molecule has 0 spiro atoms. The second-order valence-electron chi connectivity index (χ2n) is 6.14. The van der Waals surface area contributed by atoms with E-state index in [1.165, 1.54) is 18.2 Å². The summed E-state index contributed by atoms with van der Waals surface area (Å²) in [5, 5.41) is 0. The first-order chi connectivity index (χ1) is 9.74. The molecule has 1 saturated heterocycles. The topological polar surface area (TPSA) is 64.8 Å². The molecule has 0 unspecified atom stereocenters. The van der Waals surface area contributed by atoms with Crippen molar-refractivity contribution in [3.63, 3.8) is 0 Å². The van der Waals surface area contributed by atoms with Gasteiger partial charge in [0.25, 0.3) is 0 Å². The SMILES string of the molecule is CC(C)(C)OC(=O)N1CC[C@@H](Oc2ccc(F)cc2N)C1. The molecule has 5 nitrogen and oxygen atoms in total. The van der Waals surface area contributed by atoms with Gasteiger partial charge < -0.3 is 20.1 Å². The highest BCUT2D eigenvalue weighted by atomic mass is 19.1. The molecule has 1 aromatic carbocycles. The van der Waals surface area contributed by atoms with Crippen molar-refractivity contribution in [3.05, 3.63) is 24.0 Å². The first-order valence-corrected chi connectivity index (χ1v) is 6.94. The molecule has 0 radical (unpaired) electrons. The quantitative estimate of drug-likeness (QED) is 0.852. The zero-order chi connectivity index (χ0) is 15.6. The van der Waals surface area contributed by atoms with Crippen LogP contribution in [0.4, 0.5) is 14.9 Å². The summed E-state index contributed by atoms with van der Waals surface area (Å²) in [6.45, 7) is 6.49. The van der Waals surface area contributed by atoms with Gasteiger partial charge in [-0.1, -0.05) is 0 Å². The average Bonchev–Trinajstić information content (AvgIpc) is 2.79. The van der Waals surface area contributed by atoms with E-state index in [4.69, 9.17) is 15.2 Å². The molecule has 0 aliphatic carbocycles. The van der Waals surface area contributed by atoms with Gasteiger partial charge in [-0.15, -0.1) is 0 Å². The fourth-order valence-corrected chi connectivity index (χ4v) is 2.12. The Labute approximate surface area is 123 Å². The maximum atomic E-state index is 13.0. The van der Waals surface area contributed by atoms with Crippen LogP contribution in [0.5, 0.6) is 5.75 Å². The molecule has 0 aromatic heterocycles. The highest BCUT2D eigenvalue weighted by Gasteiger charge is 2.31. The summed E-state index contributed by atoms with van der Waals surface area (Å²) in [4.78, 5) is 13.6. The molecule has 1 aliphatic rings. The number of nitrogens with zero attached hydrogens (tertiary/aromatic N) is 1. The number of amides is 1. The largest absolute Gasteiger partial charge is 0.486 e. The van der Waals surface area contributed by atoms with Crippen molar-refractivity contribution < 1.29 is 18.7 Å². The highest BCUT2D eigenvalue weighted by molar-refractivity contribution is 5.68. The molecule has 1 heterocycles. The number of carbonyl (C=O) groups excluding carboxylic acids is 1. The van der Waals surface area contributed by atoms with Gasteiger partial charge >= 0.3 is 6.09 Å². The molecule has 1 fully saturated rings. The summed E-state index contributed by atoms with van der Waals surface area (Å²) in [7, 11) is 0. The third-order valence-corrected chi connectivity index (χ3v) is 3.06. The van der Waals surface area contributed by atoms with E-state index in [-0.39, 0.29) is 17.9 Å². The monoisotopic (exact) mass is 296 g/mol. The molecule has 21 heavy (non-hydrogen) atoms. The second-order valence-corrected chi connectivity index (χ2v) is 6.14. The van der Waals surface area contributed by atoms with Gasteiger partial charge in [-0.2, -0.15) is 0 Å². The van der Waals surface area contributed by atoms with Crippen molar-refractivity contribution in [1.29, 1.82) is 0 Å². The number of nitrogen functional groups attached to an aromatic ring is 1. The Morgan fingerprint density at radius 1 is 1.43 bits per heavy atom. The van der Waals surface area contributed by atoms with Gasteiger partial charge in [-0.05, 0) is 32.9 Å². The molecule has 1 amide bonds. The van der Waals surface area contributed by atoms with Crippen molar-refractivity contribution >= 4 is 11.8 Å². The van der Waals surface area contributed by atoms with E-state index in [1.807, 2.05) is 20.8 Å². The highest BCUT2D eigenvalue weighted by Crippen LogP contribution is 2.26. The van der Waals surface area contributed by atoms with Crippen LogP contribution in [0.25, 0.3) is 0 Å². The predicted molar refractivity (Wildman–Crippen MR) is 77.7 cm³/mol. The number of benzene rings is 1. The van der Waals surface area contributed by atoms with Crippen LogP contribution < -0.4 is 10.5 Å². The maximum Gasteiger partial charge on any atom is 0.410 e. The van der Waals surface area contributed by atoms with Gasteiger partial charge in [-0.25, -0.2) is 9.18 Å². The number of likely N-dealkylation sites (tertiary alicyclic amines) is 1. The zero-order valence-electron chi connectivity index (χ0n) is 12.6. The molecule has 116 valence electrons. The van der Waals surface area contributed by atoms with E-state index in [0.29, 0.717) is 25.3 Å². The number of rotatable bonds is 2. The number of hydrogen-bond donors (Lipinski definition) is 1. The van der Waals surface area contributed by atoms with Crippen LogP contribution in [-0.4, -0.2) is 35.8 Å². The number of carbonyl (C=O) groups is 1. The van der Waals surface area contributed by atoms with E-state index < -0.39 is 11.4 Å². The van der Waals surface area contributed by atoms with E-state index in [0.717, 1.165) is 0 Å². The Kier molecular flexibility index (Phi) is 4.25. The van der Waals surface area contributed by atoms with Gasteiger partial charge in [-0.3, -0.25) is 0 Å². The summed E-state index contributed by atoms with van der Waals surface area (Å²) < 4.78 is 24.0. The number of halogens is 1. The summed E-state index contributed by atoms with van der Waals surface area (Å²) in [5.41, 5.74) is 5.45. The van der Waals surface area contributed by atoms with E-state index >= 15 is 0 Å². The lowest BCUT2D eigenvalue weighted by atomic mass is 10.2. The van der Waals surface area contributed by atoms with Gasteiger partial charge in [0.05, 0.1) is 12.2 Å². The molecule has 6 heteroatoms. The number of hydrogen-bond acceptors (Lipinski definition) is 4. The fourth-order valence-electron chi connectivity index (χ4n) is 2.12. The normalized spacial score (nSPS) is 18.7. The van der Waals surface area contributed by atoms with Crippen molar-refractivity contribution in [3.8, 4) is 5.75 Å². The average molecular weight is 296 g/mol. The predicted octanol–water partition coefficient (Wildman–Crippen LogP) is 2.80. The Hall–Kier alpha value is -1.98. The van der Waals surface area contributed by atoms with Gasteiger partial charge in [0.1, 0.15) is 23.3 Å². The van der Waals surface area contributed by atoms with Crippen molar-refractivity contribution in [1.82, 2.24) is 4.90 Å². The summed E-state index contributed by atoms with van der Waals surface area (Å²) in [6.07, 6.45) is 0.182. The van der Waals surface area contributed by atoms with Crippen LogP contribution in [0.2, 0.25) is 0 Å². The first kappa shape index (κ1) is 15.4. The van der Waals surface area contributed by atoms with Crippen molar-refractivity contribution in [2.75, 3.05) is 18.8 Å². The molecular formula is C15H21FN2O3. The van der Waals surface area contributed by atoms with E-state index in [1.54, 1.807) is 4.90 Å². The van der Waals surface area contributed by atoms with Gasteiger partial charge in [0.2, 0.25) is 0 Å². The summed E-state index contributed by atoms with van der Waals surface area (Å²) in [6, 6.07) is 4.02. The molecule has 2 rings (SSSR count). The van der Waals surface area contributed by atoms with Gasteiger partial charge in [0, 0.05) is 19.0 Å². The van der Waals surface area contributed by atoms with E-state index in [9.17, 15) is 9.18 Å².